The maximum atomic E-state index is 12.8. The molecule has 238 valence electrons. The zero-order chi connectivity index (χ0) is 31.7. The summed E-state index contributed by atoms with van der Waals surface area (Å²) in [6, 6.07) is 20.1. The first-order chi connectivity index (χ1) is 22.3. The van der Waals surface area contributed by atoms with Crippen LogP contribution in [0.1, 0.15) is 73.4 Å². The Hall–Kier alpha value is -4.34. The molecule has 0 unspecified atom stereocenters. The van der Waals surface area contributed by atoms with Crippen molar-refractivity contribution in [2.75, 3.05) is 19.7 Å². The Balaban J connectivity index is 1.00. The van der Waals surface area contributed by atoms with Crippen LogP contribution in [0.2, 0.25) is 0 Å². The lowest BCUT2D eigenvalue weighted by atomic mass is 9.93. The number of likely N-dealkylation sites (tertiary alicyclic amines) is 1. The fourth-order valence-corrected chi connectivity index (χ4v) is 6.30. The smallest absolute Gasteiger partial charge is 0.338 e. The Morgan fingerprint density at radius 3 is 2.61 bits per heavy atom. The molecule has 5 aromatic rings. The van der Waals surface area contributed by atoms with E-state index in [1.165, 1.54) is 5.39 Å². The van der Waals surface area contributed by atoms with Crippen molar-refractivity contribution in [3.8, 4) is 5.88 Å². The van der Waals surface area contributed by atoms with Gasteiger partial charge in [0.1, 0.15) is 18.0 Å². The first-order valence-corrected chi connectivity index (χ1v) is 16.3. The third kappa shape index (κ3) is 6.90. The van der Waals surface area contributed by atoms with E-state index in [4.69, 9.17) is 24.2 Å². The number of esters is 1. The van der Waals surface area contributed by atoms with Crippen molar-refractivity contribution in [2.24, 2.45) is 0 Å². The number of pyridine rings is 2. The van der Waals surface area contributed by atoms with Gasteiger partial charge in [-0.25, -0.2) is 14.8 Å². The molecule has 46 heavy (non-hydrogen) atoms. The topological polar surface area (TPSA) is 91.6 Å². The summed E-state index contributed by atoms with van der Waals surface area (Å²) < 4.78 is 19.8. The molecule has 0 aliphatic carbocycles. The minimum absolute atomic E-state index is 0.172. The van der Waals surface area contributed by atoms with Gasteiger partial charge in [-0.2, -0.15) is 0 Å². The van der Waals surface area contributed by atoms with Crippen LogP contribution in [0.4, 0.5) is 0 Å². The van der Waals surface area contributed by atoms with Crippen LogP contribution in [0.15, 0.2) is 73.1 Å². The van der Waals surface area contributed by atoms with Gasteiger partial charge in [-0.15, -0.1) is 0 Å². The second-order valence-electron chi connectivity index (χ2n) is 13.4. The number of carbonyl (C=O) groups is 1. The van der Waals surface area contributed by atoms with Gasteiger partial charge in [0, 0.05) is 42.1 Å². The second kappa shape index (κ2) is 12.8. The summed E-state index contributed by atoms with van der Waals surface area (Å²) in [6.45, 7) is 10.3. The number of hydrogen-bond acceptors (Lipinski definition) is 8. The summed E-state index contributed by atoms with van der Waals surface area (Å²) >= 11 is 0. The van der Waals surface area contributed by atoms with Gasteiger partial charge >= 0.3 is 5.97 Å². The highest BCUT2D eigenvalue weighted by atomic mass is 16.6. The molecule has 2 aliphatic rings. The molecule has 7 rings (SSSR count). The van der Waals surface area contributed by atoms with Gasteiger partial charge in [0.05, 0.1) is 35.8 Å². The monoisotopic (exact) mass is 619 g/mol. The van der Waals surface area contributed by atoms with Crippen molar-refractivity contribution in [3.63, 3.8) is 0 Å². The van der Waals surface area contributed by atoms with Crippen molar-refractivity contribution >= 4 is 27.8 Å². The van der Waals surface area contributed by atoms with Crippen molar-refractivity contribution in [3.05, 3.63) is 95.7 Å². The van der Waals surface area contributed by atoms with E-state index < -0.39 is 5.60 Å². The molecular formula is C37H41N5O4. The van der Waals surface area contributed by atoms with E-state index in [0.29, 0.717) is 24.0 Å². The van der Waals surface area contributed by atoms with Crippen molar-refractivity contribution in [1.82, 2.24) is 24.4 Å². The molecule has 3 aromatic heterocycles. The first-order valence-electron chi connectivity index (χ1n) is 16.3. The van der Waals surface area contributed by atoms with E-state index in [9.17, 15) is 4.79 Å². The molecule has 1 atom stereocenters. The maximum absolute atomic E-state index is 12.8. The van der Waals surface area contributed by atoms with Gasteiger partial charge in [-0.1, -0.05) is 18.2 Å². The summed E-state index contributed by atoms with van der Waals surface area (Å²) in [7, 11) is 0. The predicted octanol–water partition coefficient (Wildman–Crippen LogP) is 6.68. The standard InChI is InChI=1S/C37H41N5O4/c1-37(2,3)46-36(43)28-9-10-32-33(20-28)42(22-30-14-18-44-30)34(39-32)23-41-16-12-27(13-17-41)31-5-4-6-35(40-31)45-24-25-7-8-26-11-15-38-21-29(26)19-25/h4-11,15,19-21,27,30H,12-14,16-18,22-24H2,1-3H3/t30-/m0/s1. The average Bonchev–Trinajstić information content (AvgIpc) is 3.37. The van der Waals surface area contributed by atoms with Crippen LogP contribution in [-0.4, -0.2) is 61.8 Å². The average molecular weight is 620 g/mol. The highest BCUT2D eigenvalue weighted by Gasteiger charge is 2.27. The zero-order valence-electron chi connectivity index (χ0n) is 26.8. The first kappa shape index (κ1) is 30.3. The van der Waals surface area contributed by atoms with E-state index in [-0.39, 0.29) is 12.1 Å². The normalized spacial score (nSPS) is 17.7. The Morgan fingerprint density at radius 2 is 1.83 bits per heavy atom. The fourth-order valence-electron chi connectivity index (χ4n) is 6.30. The molecule has 2 aliphatic heterocycles. The molecule has 0 amide bonds. The van der Waals surface area contributed by atoms with E-state index in [2.05, 4.69) is 38.7 Å². The molecule has 0 saturated carbocycles. The van der Waals surface area contributed by atoms with Crippen molar-refractivity contribution in [1.29, 1.82) is 0 Å². The fraction of sp³-hybridized carbons (Fsp3) is 0.405. The molecule has 0 spiro atoms. The van der Waals surface area contributed by atoms with Crippen LogP contribution < -0.4 is 4.74 Å². The van der Waals surface area contributed by atoms with Crippen molar-refractivity contribution in [2.45, 2.75) is 77.4 Å². The highest BCUT2D eigenvalue weighted by molar-refractivity contribution is 5.94. The highest BCUT2D eigenvalue weighted by Crippen LogP contribution is 2.30. The van der Waals surface area contributed by atoms with Gasteiger partial charge in [-0.3, -0.25) is 9.88 Å². The lowest BCUT2D eigenvalue weighted by molar-refractivity contribution is -0.0592. The van der Waals surface area contributed by atoms with Crippen LogP contribution >= 0.6 is 0 Å². The quantitative estimate of drug-likeness (QED) is 0.169. The van der Waals surface area contributed by atoms with Crippen molar-refractivity contribution < 1.29 is 19.0 Å². The number of aromatic nitrogens is 4. The molecule has 2 aromatic carbocycles. The van der Waals surface area contributed by atoms with E-state index >= 15 is 0 Å². The number of hydrogen-bond donors (Lipinski definition) is 0. The number of carbonyl (C=O) groups excluding carboxylic acids is 1. The van der Waals surface area contributed by atoms with E-state index in [1.54, 1.807) is 0 Å². The lowest BCUT2D eigenvalue weighted by Crippen LogP contribution is -2.35. The minimum Gasteiger partial charge on any atom is -0.473 e. The molecule has 2 fully saturated rings. The minimum atomic E-state index is -0.552. The van der Waals surface area contributed by atoms with E-state index in [1.807, 2.05) is 69.6 Å². The van der Waals surface area contributed by atoms with Crippen LogP contribution in [0.3, 0.4) is 0 Å². The molecule has 5 heterocycles. The summed E-state index contributed by atoms with van der Waals surface area (Å²) in [4.78, 5) is 29.5. The molecule has 9 heteroatoms. The van der Waals surface area contributed by atoms with Gasteiger partial charge < -0.3 is 18.8 Å². The van der Waals surface area contributed by atoms with Gasteiger partial charge in [0.25, 0.3) is 0 Å². The summed E-state index contributed by atoms with van der Waals surface area (Å²) in [5, 5.41) is 2.27. The van der Waals surface area contributed by atoms with Gasteiger partial charge in [0.15, 0.2) is 0 Å². The number of benzene rings is 2. The number of rotatable bonds is 9. The lowest BCUT2D eigenvalue weighted by Gasteiger charge is -2.32. The maximum Gasteiger partial charge on any atom is 0.338 e. The number of fused-ring (bicyclic) bond motifs is 2. The third-order valence-electron chi connectivity index (χ3n) is 8.85. The predicted molar refractivity (Wildman–Crippen MR) is 177 cm³/mol. The van der Waals surface area contributed by atoms with Crippen LogP contribution in [-0.2, 0) is 29.2 Å². The number of piperidine rings is 1. The van der Waals surface area contributed by atoms with Crippen LogP contribution in [0.25, 0.3) is 21.8 Å². The molecule has 0 radical (unpaired) electrons. The Kier molecular flexibility index (Phi) is 8.44. The summed E-state index contributed by atoms with van der Waals surface area (Å²) in [5.41, 5.74) is 4.01. The Morgan fingerprint density at radius 1 is 0.978 bits per heavy atom. The molecule has 9 nitrogen and oxygen atoms in total. The second-order valence-corrected chi connectivity index (χ2v) is 13.4. The Labute approximate surface area is 269 Å². The van der Waals surface area contributed by atoms with Crippen LogP contribution in [0.5, 0.6) is 5.88 Å². The van der Waals surface area contributed by atoms with Gasteiger partial charge in [0.2, 0.25) is 5.88 Å². The molecular weight excluding hydrogens is 578 g/mol. The zero-order valence-corrected chi connectivity index (χ0v) is 26.8. The van der Waals surface area contributed by atoms with Crippen LogP contribution in [0, 0.1) is 0 Å². The number of imidazole rings is 1. The molecule has 2 saturated heterocycles. The van der Waals surface area contributed by atoms with E-state index in [0.717, 1.165) is 85.5 Å². The SMILES string of the molecule is CC(C)(C)OC(=O)c1ccc2nc(CN3CCC(c4cccc(OCc5ccc6ccncc6c5)n4)CC3)n(C[C@@H]3CCO3)c2c1. The number of ether oxygens (including phenoxy) is 3. The summed E-state index contributed by atoms with van der Waals surface area (Å²) in [6.07, 6.45) is 6.93. The number of nitrogens with zero attached hydrogens (tertiary/aromatic N) is 5. The summed E-state index contributed by atoms with van der Waals surface area (Å²) in [5.74, 6) is 1.72. The molecule has 0 N–H and O–H groups in total. The third-order valence-corrected chi connectivity index (χ3v) is 8.85. The molecule has 0 bridgehead atoms. The van der Waals surface area contributed by atoms with Gasteiger partial charge in [-0.05, 0) is 100 Å². The Bertz CT molecular complexity index is 1850. The largest absolute Gasteiger partial charge is 0.473 e.